The number of rotatable bonds is 6. The standard InChI is InChI=1S/C20H16N2O4S2/c23-20(21-12-18-22-16-8-4-5-9-17(16)27-18)19-14(10-11-26-19)13-28(24,25)15-6-2-1-3-7-15/h1-11H,12-13H2,(H,21,23). The molecule has 0 spiro atoms. The number of carbonyl (C=O) groups is 1. The first-order valence-corrected chi connectivity index (χ1v) is 11.0. The van der Waals surface area contributed by atoms with E-state index in [1.54, 1.807) is 18.2 Å². The third-order valence-electron chi connectivity index (χ3n) is 4.14. The summed E-state index contributed by atoms with van der Waals surface area (Å²) in [7, 11) is -3.57. The van der Waals surface area contributed by atoms with E-state index in [0.717, 1.165) is 15.2 Å². The number of benzene rings is 2. The zero-order valence-electron chi connectivity index (χ0n) is 14.7. The van der Waals surface area contributed by atoms with Crippen LogP contribution in [0.15, 0.2) is 76.2 Å². The molecule has 0 unspecified atom stereocenters. The number of fused-ring (bicyclic) bond motifs is 1. The molecule has 8 heteroatoms. The van der Waals surface area contributed by atoms with E-state index in [9.17, 15) is 13.2 Å². The Bertz CT molecular complexity index is 1190. The molecule has 142 valence electrons. The maximum atomic E-state index is 12.6. The summed E-state index contributed by atoms with van der Waals surface area (Å²) in [5.41, 5.74) is 1.20. The molecule has 0 aliphatic rings. The van der Waals surface area contributed by atoms with E-state index in [0.29, 0.717) is 5.56 Å². The zero-order chi connectivity index (χ0) is 19.6. The Hall–Kier alpha value is -2.97. The fourth-order valence-corrected chi connectivity index (χ4v) is 5.08. The van der Waals surface area contributed by atoms with Crippen LogP contribution in [0.1, 0.15) is 21.1 Å². The molecule has 0 aliphatic heterocycles. The second kappa shape index (κ2) is 7.57. The molecule has 1 amide bonds. The minimum atomic E-state index is -3.57. The first-order chi connectivity index (χ1) is 13.5. The number of para-hydroxylation sites is 1. The average molecular weight is 412 g/mol. The van der Waals surface area contributed by atoms with Crippen molar-refractivity contribution >= 4 is 37.3 Å². The van der Waals surface area contributed by atoms with Gasteiger partial charge in [-0.1, -0.05) is 30.3 Å². The highest BCUT2D eigenvalue weighted by Crippen LogP contribution is 2.22. The molecule has 2 aromatic carbocycles. The van der Waals surface area contributed by atoms with Crippen molar-refractivity contribution in [1.82, 2.24) is 10.3 Å². The molecule has 1 N–H and O–H groups in total. The van der Waals surface area contributed by atoms with Gasteiger partial charge in [0.1, 0.15) is 5.01 Å². The lowest BCUT2D eigenvalue weighted by Crippen LogP contribution is -2.23. The highest BCUT2D eigenvalue weighted by Gasteiger charge is 2.22. The molecular formula is C20H16N2O4S2. The molecule has 6 nitrogen and oxygen atoms in total. The van der Waals surface area contributed by atoms with Gasteiger partial charge in [0.05, 0.1) is 33.7 Å². The Labute approximate surface area is 165 Å². The highest BCUT2D eigenvalue weighted by molar-refractivity contribution is 7.90. The summed E-state index contributed by atoms with van der Waals surface area (Å²) >= 11 is 1.50. The summed E-state index contributed by atoms with van der Waals surface area (Å²) in [4.78, 5) is 17.2. The number of sulfone groups is 1. The van der Waals surface area contributed by atoms with E-state index in [1.807, 2.05) is 24.3 Å². The van der Waals surface area contributed by atoms with Gasteiger partial charge < -0.3 is 9.73 Å². The van der Waals surface area contributed by atoms with Crippen LogP contribution < -0.4 is 5.32 Å². The number of aromatic nitrogens is 1. The monoisotopic (exact) mass is 412 g/mol. The fraction of sp³-hybridized carbons (Fsp3) is 0.100. The second-order valence-electron chi connectivity index (χ2n) is 6.11. The zero-order valence-corrected chi connectivity index (χ0v) is 16.3. The predicted octanol–water partition coefficient (Wildman–Crippen LogP) is 3.79. The molecule has 0 saturated carbocycles. The van der Waals surface area contributed by atoms with E-state index in [2.05, 4.69) is 10.3 Å². The van der Waals surface area contributed by atoms with Crippen molar-refractivity contribution in [2.24, 2.45) is 0 Å². The van der Waals surface area contributed by atoms with Crippen LogP contribution in [0.4, 0.5) is 0 Å². The van der Waals surface area contributed by atoms with Gasteiger partial charge >= 0.3 is 0 Å². The van der Waals surface area contributed by atoms with Gasteiger partial charge in [-0.15, -0.1) is 11.3 Å². The lowest BCUT2D eigenvalue weighted by molar-refractivity contribution is 0.0922. The van der Waals surface area contributed by atoms with Gasteiger partial charge in [-0.3, -0.25) is 4.79 Å². The second-order valence-corrected chi connectivity index (χ2v) is 9.21. The number of amides is 1. The summed E-state index contributed by atoms with van der Waals surface area (Å²) < 4.78 is 31.4. The van der Waals surface area contributed by atoms with Crippen LogP contribution in [-0.4, -0.2) is 19.3 Å². The number of hydrogen-bond donors (Lipinski definition) is 1. The molecule has 0 bridgehead atoms. The Kier molecular flexibility index (Phi) is 4.97. The van der Waals surface area contributed by atoms with E-state index >= 15 is 0 Å². The van der Waals surface area contributed by atoms with Gasteiger partial charge in [0.2, 0.25) is 0 Å². The number of carbonyl (C=O) groups excluding carboxylic acids is 1. The normalized spacial score (nSPS) is 11.6. The van der Waals surface area contributed by atoms with Gasteiger partial charge in [0, 0.05) is 5.56 Å². The van der Waals surface area contributed by atoms with Crippen molar-refractivity contribution in [2.75, 3.05) is 0 Å². The molecule has 0 radical (unpaired) electrons. The number of thiazole rings is 1. The van der Waals surface area contributed by atoms with Crippen LogP contribution >= 0.6 is 11.3 Å². The van der Waals surface area contributed by atoms with Crippen LogP contribution in [0, 0.1) is 0 Å². The molecule has 2 aromatic heterocycles. The topological polar surface area (TPSA) is 89.3 Å². The Morgan fingerprint density at radius 1 is 1.04 bits per heavy atom. The van der Waals surface area contributed by atoms with Crippen molar-refractivity contribution in [2.45, 2.75) is 17.2 Å². The Balaban J connectivity index is 1.48. The van der Waals surface area contributed by atoms with Crippen molar-refractivity contribution in [3.63, 3.8) is 0 Å². The van der Waals surface area contributed by atoms with Crippen molar-refractivity contribution < 1.29 is 17.6 Å². The minimum Gasteiger partial charge on any atom is -0.459 e. The Morgan fingerprint density at radius 3 is 2.57 bits per heavy atom. The number of hydrogen-bond acceptors (Lipinski definition) is 6. The van der Waals surface area contributed by atoms with Gasteiger partial charge in [-0.05, 0) is 30.3 Å². The molecule has 4 aromatic rings. The summed E-state index contributed by atoms with van der Waals surface area (Å²) in [5, 5.41) is 3.51. The van der Waals surface area contributed by atoms with Crippen LogP contribution in [-0.2, 0) is 22.1 Å². The Morgan fingerprint density at radius 2 is 1.79 bits per heavy atom. The van der Waals surface area contributed by atoms with Gasteiger partial charge in [0.25, 0.3) is 5.91 Å². The smallest absolute Gasteiger partial charge is 0.287 e. The molecule has 28 heavy (non-hydrogen) atoms. The van der Waals surface area contributed by atoms with Crippen LogP contribution in [0.25, 0.3) is 10.2 Å². The van der Waals surface area contributed by atoms with Gasteiger partial charge in [0.15, 0.2) is 15.6 Å². The fourth-order valence-electron chi connectivity index (χ4n) is 2.80. The first kappa shape index (κ1) is 18.4. The largest absolute Gasteiger partial charge is 0.459 e. The SMILES string of the molecule is O=C(NCc1nc2ccccc2s1)c1occc1CS(=O)(=O)c1ccccc1. The van der Waals surface area contributed by atoms with Gasteiger partial charge in [-0.25, -0.2) is 13.4 Å². The maximum Gasteiger partial charge on any atom is 0.287 e. The van der Waals surface area contributed by atoms with E-state index in [-0.39, 0.29) is 23.0 Å². The van der Waals surface area contributed by atoms with E-state index in [4.69, 9.17) is 4.42 Å². The summed E-state index contributed by atoms with van der Waals surface area (Å²) in [6, 6.07) is 17.4. The lowest BCUT2D eigenvalue weighted by Gasteiger charge is -2.05. The number of nitrogens with one attached hydrogen (secondary N) is 1. The highest BCUT2D eigenvalue weighted by atomic mass is 32.2. The predicted molar refractivity (Wildman–Crippen MR) is 107 cm³/mol. The first-order valence-electron chi connectivity index (χ1n) is 8.50. The van der Waals surface area contributed by atoms with E-state index in [1.165, 1.54) is 35.8 Å². The van der Waals surface area contributed by atoms with Crippen molar-refractivity contribution in [3.05, 3.63) is 83.3 Å². The quantitative estimate of drug-likeness (QED) is 0.520. The third-order valence-corrected chi connectivity index (χ3v) is 6.86. The molecule has 0 saturated heterocycles. The molecule has 4 rings (SSSR count). The summed E-state index contributed by atoms with van der Waals surface area (Å²) in [6.07, 6.45) is 1.32. The minimum absolute atomic E-state index is 0.000572. The molecule has 0 fully saturated rings. The van der Waals surface area contributed by atoms with Crippen LogP contribution in [0.3, 0.4) is 0 Å². The summed E-state index contributed by atoms with van der Waals surface area (Å²) in [5.74, 6) is -0.777. The van der Waals surface area contributed by atoms with Crippen LogP contribution in [0.5, 0.6) is 0 Å². The van der Waals surface area contributed by atoms with Crippen molar-refractivity contribution in [3.8, 4) is 0 Å². The molecule has 2 heterocycles. The number of nitrogens with zero attached hydrogens (tertiary/aromatic N) is 1. The molecular weight excluding hydrogens is 396 g/mol. The van der Waals surface area contributed by atoms with E-state index < -0.39 is 15.7 Å². The van der Waals surface area contributed by atoms with Crippen LogP contribution in [0.2, 0.25) is 0 Å². The van der Waals surface area contributed by atoms with Crippen molar-refractivity contribution in [1.29, 1.82) is 0 Å². The van der Waals surface area contributed by atoms with Gasteiger partial charge in [-0.2, -0.15) is 0 Å². The number of furan rings is 1. The molecule has 0 aliphatic carbocycles. The maximum absolute atomic E-state index is 12.6. The summed E-state index contributed by atoms with van der Waals surface area (Å²) in [6.45, 7) is 0.240. The third kappa shape index (κ3) is 3.83. The average Bonchev–Trinajstić information content (AvgIpc) is 3.33. The molecule has 0 atom stereocenters. The lowest BCUT2D eigenvalue weighted by atomic mass is 10.2.